The first-order chi connectivity index (χ1) is 10.5. The van der Waals surface area contributed by atoms with E-state index in [9.17, 15) is 14.7 Å². The van der Waals surface area contributed by atoms with Crippen LogP contribution >= 0.6 is 11.3 Å². The highest BCUT2D eigenvalue weighted by atomic mass is 32.1. The number of aliphatic hydroxyl groups excluding tert-OH is 1. The van der Waals surface area contributed by atoms with E-state index >= 15 is 0 Å². The Labute approximate surface area is 132 Å². The van der Waals surface area contributed by atoms with E-state index < -0.39 is 12.0 Å². The van der Waals surface area contributed by atoms with Gasteiger partial charge in [-0.15, -0.1) is 11.3 Å². The van der Waals surface area contributed by atoms with E-state index in [2.05, 4.69) is 4.98 Å². The zero-order chi connectivity index (χ0) is 15.9. The highest BCUT2D eigenvalue weighted by Crippen LogP contribution is 2.34. The fraction of sp³-hybridized carbons (Fsp3) is 0.643. The molecular formula is C14H19N3O4S. The lowest BCUT2D eigenvalue weighted by Crippen LogP contribution is -2.35. The first-order valence-corrected chi connectivity index (χ1v) is 8.18. The Balaban J connectivity index is 1.98. The van der Waals surface area contributed by atoms with Gasteiger partial charge in [-0.1, -0.05) is 0 Å². The van der Waals surface area contributed by atoms with Gasteiger partial charge >= 0.3 is 0 Å². The summed E-state index contributed by atoms with van der Waals surface area (Å²) in [6.45, 7) is 3.23. The van der Waals surface area contributed by atoms with Gasteiger partial charge in [0.1, 0.15) is 5.69 Å². The van der Waals surface area contributed by atoms with Crippen LogP contribution in [0.15, 0.2) is 0 Å². The molecule has 3 unspecified atom stereocenters. The maximum atomic E-state index is 12.8. The molecule has 0 aliphatic carbocycles. The summed E-state index contributed by atoms with van der Waals surface area (Å²) in [4.78, 5) is 30.7. The first-order valence-electron chi connectivity index (χ1n) is 7.36. The molecule has 8 heteroatoms. The molecule has 2 fully saturated rings. The number of rotatable bonds is 3. The Morgan fingerprint density at radius 3 is 2.77 bits per heavy atom. The summed E-state index contributed by atoms with van der Waals surface area (Å²) >= 11 is 1.08. The summed E-state index contributed by atoms with van der Waals surface area (Å²) in [5.74, 6) is -1.18. The molecule has 3 rings (SSSR count). The smallest absolute Gasteiger partial charge is 0.277 e. The summed E-state index contributed by atoms with van der Waals surface area (Å²) in [5, 5.41) is 10.1. The van der Waals surface area contributed by atoms with E-state index in [1.165, 1.54) is 0 Å². The molecule has 7 nitrogen and oxygen atoms in total. The van der Waals surface area contributed by atoms with Gasteiger partial charge in [-0.3, -0.25) is 9.59 Å². The third-order valence-corrected chi connectivity index (χ3v) is 5.47. The first kappa shape index (κ1) is 15.4. The number of carbonyl (C=O) groups is 2. The number of nitrogens with zero attached hydrogens (tertiary/aromatic N) is 2. The van der Waals surface area contributed by atoms with Gasteiger partial charge in [-0.2, -0.15) is 0 Å². The molecule has 3 heterocycles. The van der Waals surface area contributed by atoms with Gasteiger partial charge in [0.25, 0.3) is 11.8 Å². The van der Waals surface area contributed by atoms with Crippen molar-refractivity contribution in [2.75, 3.05) is 19.8 Å². The van der Waals surface area contributed by atoms with Crippen LogP contribution in [0.5, 0.6) is 0 Å². The summed E-state index contributed by atoms with van der Waals surface area (Å²) in [6, 6.07) is 0.156. The third-order valence-electron chi connectivity index (χ3n) is 4.27. The van der Waals surface area contributed by atoms with E-state index in [1.807, 2.05) is 6.92 Å². The molecule has 0 bridgehead atoms. The Bertz CT molecular complexity index is 603. The van der Waals surface area contributed by atoms with Crippen LogP contribution in [0.2, 0.25) is 0 Å². The van der Waals surface area contributed by atoms with Gasteiger partial charge in [0.15, 0.2) is 5.01 Å². The number of likely N-dealkylation sites (tertiary alicyclic amines) is 1. The number of aliphatic hydroxyl groups is 1. The number of thiazole rings is 1. The van der Waals surface area contributed by atoms with Crippen molar-refractivity contribution in [1.29, 1.82) is 0 Å². The lowest BCUT2D eigenvalue weighted by Gasteiger charge is -2.21. The number of primary amides is 1. The van der Waals surface area contributed by atoms with Crippen LogP contribution in [0.25, 0.3) is 0 Å². The topological polar surface area (TPSA) is 106 Å². The van der Waals surface area contributed by atoms with Crippen LogP contribution in [0.4, 0.5) is 0 Å². The monoisotopic (exact) mass is 325 g/mol. The average molecular weight is 325 g/mol. The molecule has 2 aliphatic heterocycles. The van der Waals surface area contributed by atoms with Crippen LogP contribution in [-0.4, -0.2) is 58.7 Å². The molecule has 1 aromatic heterocycles. The van der Waals surface area contributed by atoms with Gasteiger partial charge in [-0.05, 0) is 19.8 Å². The molecule has 120 valence electrons. The van der Waals surface area contributed by atoms with E-state index in [4.69, 9.17) is 10.5 Å². The zero-order valence-electron chi connectivity index (χ0n) is 12.3. The third kappa shape index (κ3) is 2.62. The molecule has 2 aliphatic rings. The molecule has 0 aromatic carbocycles. The van der Waals surface area contributed by atoms with Gasteiger partial charge in [-0.25, -0.2) is 4.98 Å². The van der Waals surface area contributed by atoms with Crippen molar-refractivity contribution in [3.05, 3.63) is 15.6 Å². The molecule has 2 amide bonds. The molecular weight excluding hydrogens is 306 g/mol. The molecule has 3 atom stereocenters. The molecule has 2 saturated heterocycles. The van der Waals surface area contributed by atoms with Crippen molar-refractivity contribution in [2.24, 2.45) is 5.73 Å². The van der Waals surface area contributed by atoms with Crippen molar-refractivity contribution in [2.45, 2.75) is 37.8 Å². The second kappa shape index (κ2) is 5.94. The molecule has 3 N–H and O–H groups in total. The average Bonchev–Trinajstić information content (AvgIpc) is 3.16. The van der Waals surface area contributed by atoms with Crippen LogP contribution in [0.3, 0.4) is 0 Å². The Kier molecular flexibility index (Phi) is 4.16. The second-order valence-electron chi connectivity index (χ2n) is 5.80. The molecule has 1 aromatic rings. The van der Waals surface area contributed by atoms with Crippen molar-refractivity contribution in [3.8, 4) is 0 Å². The maximum Gasteiger partial charge on any atom is 0.277 e. The summed E-state index contributed by atoms with van der Waals surface area (Å²) in [5.41, 5.74) is 5.54. The summed E-state index contributed by atoms with van der Waals surface area (Å²) in [7, 11) is 0. The summed E-state index contributed by atoms with van der Waals surface area (Å²) in [6.07, 6.45) is 1.23. The molecule has 0 spiro atoms. The van der Waals surface area contributed by atoms with Crippen molar-refractivity contribution in [3.63, 3.8) is 0 Å². The Morgan fingerprint density at radius 1 is 1.45 bits per heavy atom. The number of hydrogen-bond donors (Lipinski definition) is 2. The zero-order valence-corrected chi connectivity index (χ0v) is 13.1. The largest absolute Gasteiger partial charge is 0.390 e. The lowest BCUT2D eigenvalue weighted by atomic mass is 10.0. The quantitative estimate of drug-likeness (QED) is 0.833. The lowest BCUT2D eigenvalue weighted by molar-refractivity contribution is 0.0739. The minimum Gasteiger partial charge on any atom is -0.390 e. The number of hydrogen-bond acceptors (Lipinski definition) is 6. The van der Waals surface area contributed by atoms with Crippen LogP contribution in [0.1, 0.15) is 50.9 Å². The Morgan fingerprint density at radius 2 is 2.23 bits per heavy atom. The number of aromatic nitrogens is 1. The minimum absolute atomic E-state index is 0.101. The molecule has 0 saturated carbocycles. The van der Waals surface area contributed by atoms with Gasteiger partial charge < -0.3 is 20.5 Å². The standard InChI is InChI=1S/C14H19N3O4S/c1-7-3-2-4-17(7)14(20)10-11(8-5-21-6-9(8)18)22-13(16-10)12(15)19/h7-9,18H,2-6H2,1H3,(H2,15,19). The normalized spacial score (nSPS) is 28.3. The van der Waals surface area contributed by atoms with Crippen molar-refractivity contribution >= 4 is 23.2 Å². The molecule has 0 radical (unpaired) electrons. The predicted molar refractivity (Wildman–Crippen MR) is 79.9 cm³/mol. The van der Waals surface area contributed by atoms with Gasteiger partial charge in [0.05, 0.1) is 19.3 Å². The number of ether oxygens (including phenoxy) is 1. The second-order valence-corrected chi connectivity index (χ2v) is 6.83. The number of amides is 2. The fourth-order valence-corrected chi connectivity index (χ4v) is 4.06. The van der Waals surface area contributed by atoms with Crippen LogP contribution < -0.4 is 5.73 Å². The number of nitrogens with two attached hydrogens (primary N) is 1. The highest BCUT2D eigenvalue weighted by Gasteiger charge is 2.37. The van der Waals surface area contributed by atoms with E-state index in [1.54, 1.807) is 4.90 Å². The SMILES string of the molecule is CC1CCCN1C(=O)c1nc(C(N)=O)sc1C1COCC1O. The number of carbonyl (C=O) groups excluding carboxylic acids is 2. The van der Waals surface area contributed by atoms with E-state index in [0.717, 1.165) is 24.2 Å². The van der Waals surface area contributed by atoms with Crippen molar-refractivity contribution in [1.82, 2.24) is 9.88 Å². The van der Waals surface area contributed by atoms with Crippen LogP contribution in [0, 0.1) is 0 Å². The minimum atomic E-state index is -0.691. The Hall–Kier alpha value is -1.51. The van der Waals surface area contributed by atoms with Crippen LogP contribution in [-0.2, 0) is 4.74 Å². The van der Waals surface area contributed by atoms with E-state index in [0.29, 0.717) is 18.0 Å². The fourth-order valence-electron chi connectivity index (χ4n) is 3.01. The van der Waals surface area contributed by atoms with Gasteiger partial charge in [0.2, 0.25) is 0 Å². The van der Waals surface area contributed by atoms with Crippen molar-refractivity contribution < 1.29 is 19.4 Å². The highest BCUT2D eigenvalue weighted by molar-refractivity contribution is 7.14. The van der Waals surface area contributed by atoms with E-state index in [-0.39, 0.29) is 35.2 Å². The predicted octanol–water partition coefficient (Wildman–Crippen LogP) is 0.341. The summed E-state index contributed by atoms with van der Waals surface area (Å²) < 4.78 is 5.26. The maximum absolute atomic E-state index is 12.8. The van der Waals surface area contributed by atoms with Gasteiger partial charge in [0, 0.05) is 23.4 Å². The molecule has 22 heavy (non-hydrogen) atoms.